The third-order valence-corrected chi connectivity index (χ3v) is 13.7. The SMILES string of the molecule is CC(C)(C)[Si](OCCCc1ccccc1C[C@H]1[C@@H](C(=O)O)[C@@H]2CC[C@@H]1O2)(c1ccccc1)c1ccccc1. The third kappa shape index (κ3) is 5.12. The number of hydrogen-bond acceptors (Lipinski definition) is 3. The summed E-state index contributed by atoms with van der Waals surface area (Å²) in [6.45, 7) is 7.61. The highest BCUT2D eigenvalue weighted by molar-refractivity contribution is 6.99. The first-order valence-corrected chi connectivity index (χ1v) is 15.9. The zero-order chi connectivity index (χ0) is 26.8. The summed E-state index contributed by atoms with van der Waals surface area (Å²) in [5.41, 5.74) is 2.55. The van der Waals surface area contributed by atoms with Gasteiger partial charge in [-0.1, -0.05) is 106 Å². The minimum Gasteiger partial charge on any atom is -0.481 e. The molecule has 5 rings (SSSR count). The van der Waals surface area contributed by atoms with E-state index in [9.17, 15) is 9.90 Å². The number of aliphatic carboxylic acids is 1. The first-order valence-electron chi connectivity index (χ1n) is 14.0. The van der Waals surface area contributed by atoms with Crippen LogP contribution in [-0.4, -0.2) is 38.2 Å². The Morgan fingerprint density at radius 1 is 0.868 bits per heavy atom. The fraction of sp³-hybridized carbons (Fsp3) is 0.424. The van der Waals surface area contributed by atoms with Crippen LogP contribution in [0.2, 0.25) is 5.04 Å². The fourth-order valence-corrected chi connectivity index (χ4v) is 11.5. The highest BCUT2D eigenvalue weighted by Crippen LogP contribution is 2.45. The molecular weight excluding hydrogens is 488 g/mol. The monoisotopic (exact) mass is 528 g/mol. The molecule has 0 unspecified atom stereocenters. The molecule has 2 aliphatic rings. The number of aryl methyl sites for hydroxylation is 1. The second-order valence-electron chi connectivity index (χ2n) is 11.9. The van der Waals surface area contributed by atoms with E-state index in [-0.39, 0.29) is 29.1 Å². The van der Waals surface area contributed by atoms with Crippen molar-refractivity contribution < 1.29 is 19.1 Å². The van der Waals surface area contributed by atoms with Gasteiger partial charge in [0.2, 0.25) is 0 Å². The molecule has 2 bridgehead atoms. The van der Waals surface area contributed by atoms with Crippen LogP contribution >= 0.6 is 0 Å². The van der Waals surface area contributed by atoms with E-state index in [0.717, 1.165) is 32.1 Å². The molecule has 0 amide bonds. The van der Waals surface area contributed by atoms with Gasteiger partial charge in [-0.15, -0.1) is 0 Å². The molecule has 2 heterocycles. The van der Waals surface area contributed by atoms with Gasteiger partial charge in [-0.3, -0.25) is 4.79 Å². The van der Waals surface area contributed by atoms with Crippen LogP contribution in [-0.2, 0) is 26.8 Å². The number of rotatable bonds is 10. The highest BCUT2D eigenvalue weighted by Gasteiger charge is 2.52. The molecule has 2 fully saturated rings. The van der Waals surface area contributed by atoms with Crippen molar-refractivity contribution in [2.75, 3.05) is 6.61 Å². The van der Waals surface area contributed by atoms with Crippen molar-refractivity contribution in [1.29, 1.82) is 0 Å². The average Bonchev–Trinajstić information content (AvgIpc) is 3.52. The molecule has 38 heavy (non-hydrogen) atoms. The molecule has 5 heteroatoms. The Morgan fingerprint density at radius 3 is 2.00 bits per heavy atom. The van der Waals surface area contributed by atoms with Gasteiger partial charge in [-0.25, -0.2) is 0 Å². The molecule has 2 aliphatic heterocycles. The Bertz CT molecular complexity index is 1180. The third-order valence-electron chi connectivity index (χ3n) is 8.61. The lowest BCUT2D eigenvalue weighted by Crippen LogP contribution is -2.66. The Balaban J connectivity index is 1.33. The van der Waals surface area contributed by atoms with Gasteiger partial charge in [0.05, 0.1) is 18.1 Å². The smallest absolute Gasteiger partial charge is 0.309 e. The lowest BCUT2D eigenvalue weighted by atomic mass is 9.75. The minimum absolute atomic E-state index is 0.0404. The van der Waals surface area contributed by atoms with Gasteiger partial charge in [-0.2, -0.15) is 0 Å². The molecule has 0 saturated carbocycles. The summed E-state index contributed by atoms with van der Waals surface area (Å²) in [6, 6.07) is 30.1. The summed E-state index contributed by atoms with van der Waals surface area (Å²) in [6.07, 6.45) is 4.41. The van der Waals surface area contributed by atoms with Gasteiger partial charge >= 0.3 is 5.97 Å². The number of hydrogen-bond donors (Lipinski definition) is 1. The van der Waals surface area contributed by atoms with Crippen LogP contribution in [0.15, 0.2) is 84.9 Å². The molecule has 0 aromatic heterocycles. The van der Waals surface area contributed by atoms with Crippen molar-refractivity contribution in [2.24, 2.45) is 11.8 Å². The largest absolute Gasteiger partial charge is 0.481 e. The molecule has 1 N–H and O–H groups in total. The summed E-state index contributed by atoms with van der Waals surface area (Å²) in [7, 11) is -2.54. The van der Waals surface area contributed by atoms with Crippen LogP contribution in [0.5, 0.6) is 0 Å². The van der Waals surface area contributed by atoms with Crippen LogP contribution in [0.25, 0.3) is 0 Å². The van der Waals surface area contributed by atoms with Crippen molar-refractivity contribution in [3.05, 3.63) is 96.1 Å². The van der Waals surface area contributed by atoms with Crippen LogP contribution in [0.4, 0.5) is 0 Å². The summed E-state index contributed by atoms with van der Waals surface area (Å²) in [4.78, 5) is 12.0. The topological polar surface area (TPSA) is 55.8 Å². The molecule has 3 aromatic rings. The maximum Gasteiger partial charge on any atom is 0.309 e. The molecule has 3 aromatic carbocycles. The predicted molar refractivity (Wildman–Crippen MR) is 155 cm³/mol. The number of ether oxygens (including phenoxy) is 1. The molecule has 200 valence electrons. The second-order valence-corrected chi connectivity index (χ2v) is 16.2. The number of carboxylic acids is 1. The molecule has 4 nitrogen and oxygen atoms in total. The van der Waals surface area contributed by atoms with Gasteiger partial charge < -0.3 is 14.3 Å². The minimum atomic E-state index is -2.54. The van der Waals surface area contributed by atoms with Crippen LogP contribution in [0.3, 0.4) is 0 Å². The molecule has 4 atom stereocenters. The Kier molecular flexibility index (Phi) is 7.89. The van der Waals surface area contributed by atoms with Crippen LogP contribution < -0.4 is 10.4 Å². The number of carboxylic acid groups (broad SMARTS) is 1. The van der Waals surface area contributed by atoms with Crippen LogP contribution in [0.1, 0.15) is 51.2 Å². The van der Waals surface area contributed by atoms with E-state index >= 15 is 0 Å². The number of benzene rings is 3. The van der Waals surface area contributed by atoms with Crippen molar-refractivity contribution in [2.45, 2.75) is 70.1 Å². The van der Waals surface area contributed by atoms with Gasteiger partial charge in [0.25, 0.3) is 8.32 Å². The van der Waals surface area contributed by atoms with E-state index in [4.69, 9.17) is 9.16 Å². The van der Waals surface area contributed by atoms with E-state index in [1.54, 1.807) is 0 Å². The molecule has 0 aliphatic carbocycles. The number of carbonyl (C=O) groups is 1. The molecular formula is C33H40O4Si. The van der Waals surface area contributed by atoms with E-state index in [2.05, 4.69) is 106 Å². The van der Waals surface area contributed by atoms with Crippen molar-refractivity contribution in [1.82, 2.24) is 0 Å². The predicted octanol–water partition coefficient (Wildman–Crippen LogP) is 5.62. The Morgan fingerprint density at radius 2 is 1.42 bits per heavy atom. The van der Waals surface area contributed by atoms with Gasteiger partial charge in [0.15, 0.2) is 0 Å². The molecule has 0 spiro atoms. The normalized spacial score (nSPS) is 23.0. The average molecular weight is 529 g/mol. The zero-order valence-corrected chi connectivity index (χ0v) is 23.8. The maximum absolute atomic E-state index is 12.0. The fourth-order valence-electron chi connectivity index (χ4n) is 6.88. The van der Waals surface area contributed by atoms with Crippen LogP contribution in [0, 0.1) is 11.8 Å². The Labute approximate surface area is 228 Å². The van der Waals surface area contributed by atoms with E-state index < -0.39 is 14.3 Å². The maximum atomic E-state index is 12.0. The first kappa shape index (κ1) is 26.9. The number of fused-ring (bicyclic) bond motifs is 2. The lowest BCUT2D eigenvalue weighted by molar-refractivity contribution is -0.144. The zero-order valence-electron chi connectivity index (χ0n) is 22.8. The Hall–Kier alpha value is -2.73. The first-order chi connectivity index (χ1) is 18.3. The summed E-state index contributed by atoms with van der Waals surface area (Å²) >= 11 is 0. The molecule has 2 saturated heterocycles. The van der Waals surface area contributed by atoms with E-state index in [1.807, 2.05) is 0 Å². The van der Waals surface area contributed by atoms with Gasteiger partial charge in [0, 0.05) is 12.5 Å². The van der Waals surface area contributed by atoms with Crippen molar-refractivity contribution in [3.63, 3.8) is 0 Å². The van der Waals surface area contributed by atoms with Crippen molar-refractivity contribution in [3.8, 4) is 0 Å². The van der Waals surface area contributed by atoms with Gasteiger partial charge in [0.1, 0.15) is 0 Å². The van der Waals surface area contributed by atoms with E-state index in [0.29, 0.717) is 6.61 Å². The summed E-state index contributed by atoms with van der Waals surface area (Å²) in [5.74, 6) is -1.04. The van der Waals surface area contributed by atoms with E-state index in [1.165, 1.54) is 21.5 Å². The van der Waals surface area contributed by atoms with Gasteiger partial charge in [-0.05, 0) is 58.6 Å². The summed E-state index contributed by atoms with van der Waals surface area (Å²) < 4.78 is 13.1. The quantitative estimate of drug-likeness (QED) is 0.274. The standard InChI is InChI=1S/C33H40O4Si/c1-33(2,3)38(26-16-6-4-7-17-26,27-18-8-5-9-19-27)36-22-12-15-24-13-10-11-14-25(24)23-28-29-20-21-30(37-29)31(28)32(34)35/h4-11,13-14,16-19,28-31H,12,15,20-23H2,1-3H3,(H,34,35)/t28-,29+,30+,31-/m1/s1. The summed E-state index contributed by atoms with van der Waals surface area (Å²) in [5, 5.41) is 12.4. The lowest BCUT2D eigenvalue weighted by Gasteiger charge is -2.43. The highest BCUT2D eigenvalue weighted by atomic mass is 28.4. The van der Waals surface area contributed by atoms with Crippen molar-refractivity contribution >= 4 is 24.7 Å². The molecule has 0 radical (unpaired) electrons. The second kappa shape index (κ2) is 11.2.